The summed E-state index contributed by atoms with van der Waals surface area (Å²) in [4.78, 5) is 8.23. The Morgan fingerprint density at radius 3 is 2.57 bits per heavy atom. The van der Waals surface area contributed by atoms with Crippen molar-refractivity contribution in [3.8, 4) is 0 Å². The van der Waals surface area contributed by atoms with Gasteiger partial charge in [-0.15, -0.1) is 0 Å². The molecule has 120 valence electrons. The summed E-state index contributed by atoms with van der Waals surface area (Å²) in [5.41, 5.74) is 0. The highest BCUT2D eigenvalue weighted by molar-refractivity contribution is 5.79. The fourth-order valence-corrected chi connectivity index (χ4v) is 1.95. The van der Waals surface area contributed by atoms with E-state index in [0.717, 1.165) is 30.5 Å². The number of hydrogen-bond acceptors (Lipinski definition) is 2. The van der Waals surface area contributed by atoms with Crippen LogP contribution in [0.2, 0.25) is 0 Å². The number of imidazole rings is 1. The van der Waals surface area contributed by atoms with Gasteiger partial charge in [-0.3, -0.25) is 4.57 Å². The van der Waals surface area contributed by atoms with Crippen molar-refractivity contribution < 1.29 is 8.78 Å². The Morgan fingerprint density at radius 2 is 2.00 bits per heavy atom. The summed E-state index contributed by atoms with van der Waals surface area (Å²) in [7, 11) is 0. The van der Waals surface area contributed by atoms with Gasteiger partial charge in [0.2, 0.25) is 0 Å². The monoisotopic (exact) mass is 301 g/mol. The number of alkyl halides is 2. The van der Waals surface area contributed by atoms with Gasteiger partial charge in [-0.05, 0) is 12.8 Å². The Balaban J connectivity index is 2.64. The van der Waals surface area contributed by atoms with Gasteiger partial charge in [0, 0.05) is 25.5 Å². The molecule has 1 aromatic rings. The molecule has 21 heavy (non-hydrogen) atoms. The van der Waals surface area contributed by atoms with Crippen LogP contribution in [0.4, 0.5) is 8.78 Å². The second kappa shape index (κ2) is 9.31. The van der Waals surface area contributed by atoms with E-state index in [4.69, 9.17) is 0 Å². The number of nitrogens with zero attached hydrogens (tertiary/aromatic N) is 3. The van der Waals surface area contributed by atoms with Crippen LogP contribution in [0.5, 0.6) is 0 Å². The van der Waals surface area contributed by atoms with Crippen molar-refractivity contribution >= 4 is 5.96 Å². The molecule has 0 aliphatic heterocycles. The Labute approximate surface area is 124 Å². The van der Waals surface area contributed by atoms with Gasteiger partial charge in [0.25, 0.3) is 0 Å². The summed E-state index contributed by atoms with van der Waals surface area (Å²) < 4.78 is 26.3. The third kappa shape index (κ3) is 5.69. The van der Waals surface area contributed by atoms with Crippen molar-refractivity contribution in [3.05, 3.63) is 18.2 Å². The Bertz CT molecular complexity index is 427. The molecule has 0 saturated carbocycles. The molecule has 2 N–H and O–H groups in total. The van der Waals surface area contributed by atoms with Crippen molar-refractivity contribution in [2.45, 2.75) is 46.7 Å². The van der Waals surface area contributed by atoms with E-state index in [1.807, 2.05) is 6.92 Å². The van der Waals surface area contributed by atoms with Gasteiger partial charge in [-0.1, -0.05) is 26.7 Å². The third-order valence-electron chi connectivity index (χ3n) is 3.39. The fourth-order valence-electron chi connectivity index (χ4n) is 1.95. The second-order valence-electron chi connectivity index (χ2n) is 4.79. The minimum Gasteiger partial charge on any atom is -0.357 e. The molecule has 1 heterocycles. The topological polar surface area (TPSA) is 54.2 Å². The van der Waals surface area contributed by atoms with Gasteiger partial charge >= 0.3 is 6.55 Å². The molecule has 0 saturated heterocycles. The molecule has 0 atom stereocenters. The first kappa shape index (κ1) is 17.4. The first-order valence-electron chi connectivity index (χ1n) is 7.44. The van der Waals surface area contributed by atoms with Gasteiger partial charge in [0.1, 0.15) is 12.4 Å². The highest BCUT2D eigenvalue weighted by Crippen LogP contribution is 2.12. The SMILES string of the molecule is CCNC(=NCc1nccn1C(F)F)NCC(CC)CC. The normalized spacial score (nSPS) is 12.2. The smallest absolute Gasteiger partial charge is 0.319 e. The van der Waals surface area contributed by atoms with E-state index in [2.05, 4.69) is 34.5 Å². The van der Waals surface area contributed by atoms with E-state index in [-0.39, 0.29) is 12.4 Å². The second-order valence-corrected chi connectivity index (χ2v) is 4.79. The summed E-state index contributed by atoms with van der Waals surface area (Å²) in [5, 5.41) is 6.36. The Hall–Kier alpha value is -1.66. The van der Waals surface area contributed by atoms with Crippen LogP contribution < -0.4 is 10.6 Å². The van der Waals surface area contributed by atoms with Gasteiger partial charge in [-0.2, -0.15) is 8.78 Å². The van der Waals surface area contributed by atoms with Crippen LogP contribution in [0.15, 0.2) is 17.4 Å². The molecular weight excluding hydrogens is 276 g/mol. The van der Waals surface area contributed by atoms with E-state index >= 15 is 0 Å². The summed E-state index contributed by atoms with van der Waals surface area (Å²) in [6.07, 6.45) is 4.82. The zero-order chi connectivity index (χ0) is 15.7. The molecule has 0 unspecified atom stereocenters. The lowest BCUT2D eigenvalue weighted by Gasteiger charge is -2.16. The lowest BCUT2D eigenvalue weighted by atomic mass is 10.0. The maximum absolute atomic E-state index is 12.7. The lowest BCUT2D eigenvalue weighted by Crippen LogP contribution is -2.39. The van der Waals surface area contributed by atoms with Crippen molar-refractivity contribution in [2.24, 2.45) is 10.9 Å². The molecule has 0 bridgehead atoms. The minimum atomic E-state index is -2.59. The molecule has 0 aliphatic carbocycles. The molecule has 0 amide bonds. The van der Waals surface area contributed by atoms with Crippen molar-refractivity contribution in [1.82, 2.24) is 20.2 Å². The summed E-state index contributed by atoms with van der Waals surface area (Å²) in [5.74, 6) is 1.47. The van der Waals surface area contributed by atoms with Crippen LogP contribution in [0.1, 0.15) is 46.0 Å². The maximum Gasteiger partial charge on any atom is 0.319 e. The van der Waals surface area contributed by atoms with Gasteiger partial charge in [0.15, 0.2) is 5.96 Å². The number of halogens is 2. The van der Waals surface area contributed by atoms with Gasteiger partial charge in [-0.25, -0.2) is 9.98 Å². The first-order chi connectivity index (χ1) is 10.1. The zero-order valence-electron chi connectivity index (χ0n) is 12.9. The van der Waals surface area contributed by atoms with Crippen LogP contribution >= 0.6 is 0 Å². The van der Waals surface area contributed by atoms with E-state index in [1.54, 1.807) is 0 Å². The van der Waals surface area contributed by atoms with Crippen LogP contribution in [-0.4, -0.2) is 28.6 Å². The zero-order valence-corrected chi connectivity index (χ0v) is 12.9. The van der Waals surface area contributed by atoms with Crippen LogP contribution in [0.3, 0.4) is 0 Å². The largest absolute Gasteiger partial charge is 0.357 e. The van der Waals surface area contributed by atoms with E-state index in [9.17, 15) is 8.78 Å². The number of rotatable bonds is 8. The Morgan fingerprint density at radius 1 is 1.29 bits per heavy atom. The van der Waals surface area contributed by atoms with Crippen LogP contribution in [0, 0.1) is 5.92 Å². The van der Waals surface area contributed by atoms with E-state index < -0.39 is 6.55 Å². The average Bonchev–Trinajstić information content (AvgIpc) is 2.94. The number of nitrogens with one attached hydrogen (secondary N) is 2. The molecule has 0 spiro atoms. The molecule has 0 fully saturated rings. The Kier molecular flexibility index (Phi) is 7.71. The van der Waals surface area contributed by atoms with E-state index in [1.165, 1.54) is 12.4 Å². The first-order valence-corrected chi connectivity index (χ1v) is 7.44. The molecule has 0 aliphatic rings. The standard InChI is InChI=1S/C14H25F2N5/c1-4-11(5-2)9-19-14(17-6-3)20-10-12-18-7-8-21(12)13(15)16/h7-8,11,13H,4-6,9-10H2,1-3H3,(H2,17,19,20). The summed E-state index contributed by atoms with van der Waals surface area (Å²) in [6, 6.07) is 0. The number of guanidine groups is 1. The number of aliphatic imine (C=N–C) groups is 1. The van der Waals surface area contributed by atoms with Gasteiger partial charge in [0.05, 0.1) is 0 Å². The quantitative estimate of drug-likeness (QED) is 0.573. The predicted molar refractivity (Wildman–Crippen MR) is 80.4 cm³/mol. The molecule has 1 rings (SSSR count). The van der Waals surface area contributed by atoms with Crippen molar-refractivity contribution in [1.29, 1.82) is 0 Å². The van der Waals surface area contributed by atoms with Crippen molar-refractivity contribution in [3.63, 3.8) is 0 Å². The molecular formula is C14H25F2N5. The molecule has 0 radical (unpaired) electrons. The third-order valence-corrected chi connectivity index (χ3v) is 3.39. The highest BCUT2D eigenvalue weighted by Gasteiger charge is 2.11. The molecule has 7 heteroatoms. The van der Waals surface area contributed by atoms with Gasteiger partial charge < -0.3 is 10.6 Å². The number of aromatic nitrogens is 2. The minimum absolute atomic E-state index is 0.121. The van der Waals surface area contributed by atoms with E-state index in [0.29, 0.717) is 11.9 Å². The van der Waals surface area contributed by atoms with Crippen LogP contribution in [-0.2, 0) is 6.54 Å². The molecule has 5 nitrogen and oxygen atoms in total. The maximum atomic E-state index is 12.7. The fraction of sp³-hybridized carbons (Fsp3) is 0.714. The van der Waals surface area contributed by atoms with Crippen molar-refractivity contribution in [2.75, 3.05) is 13.1 Å². The molecule has 0 aromatic carbocycles. The highest BCUT2D eigenvalue weighted by atomic mass is 19.3. The predicted octanol–water partition coefficient (Wildman–Crippen LogP) is 2.77. The summed E-state index contributed by atoms with van der Waals surface area (Å²) in [6.45, 7) is 5.35. The lowest BCUT2D eigenvalue weighted by molar-refractivity contribution is 0.0671. The number of hydrogen-bond donors (Lipinski definition) is 2. The average molecular weight is 301 g/mol. The molecule has 1 aromatic heterocycles. The summed E-state index contributed by atoms with van der Waals surface area (Å²) >= 11 is 0. The van der Waals surface area contributed by atoms with Crippen LogP contribution in [0.25, 0.3) is 0 Å².